The molecule has 0 radical (unpaired) electrons. The van der Waals surface area contributed by atoms with Gasteiger partial charge in [-0.2, -0.15) is 0 Å². The van der Waals surface area contributed by atoms with E-state index in [1.165, 1.54) is 0 Å². The highest BCUT2D eigenvalue weighted by Crippen LogP contribution is 2.60. The first-order chi connectivity index (χ1) is 26.7. The second kappa shape index (κ2) is 15.2. The Labute approximate surface area is 326 Å². The number of amides is 4. The number of rotatable bonds is 10. The van der Waals surface area contributed by atoms with E-state index in [9.17, 15) is 24.3 Å². The Balaban J connectivity index is 1.24. The van der Waals surface area contributed by atoms with Crippen molar-refractivity contribution in [2.75, 3.05) is 40.2 Å². The van der Waals surface area contributed by atoms with Crippen LogP contribution in [0.3, 0.4) is 0 Å². The molecule has 0 unspecified atom stereocenters. The van der Waals surface area contributed by atoms with E-state index in [0.717, 1.165) is 12.0 Å². The minimum absolute atomic E-state index is 0.0593. The lowest BCUT2D eigenvalue weighted by Crippen LogP contribution is -2.46. The molecule has 0 aromatic heterocycles. The lowest BCUT2D eigenvalue weighted by atomic mass is 9.82. The summed E-state index contributed by atoms with van der Waals surface area (Å²) in [5.74, 6) is -1.79. The van der Waals surface area contributed by atoms with E-state index in [-0.39, 0.29) is 49.2 Å². The second-order valence-electron chi connectivity index (χ2n) is 15.6. The van der Waals surface area contributed by atoms with Crippen molar-refractivity contribution in [1.82, 2.24) is 4.90 Å². The monoisotopic (exact) mass is 776 g/mol. The Bertz CT molecular complexity index is 2160. The van der Waals surface area contributed by atoms with E-state index >= 15 is 4.79 Å². The van der Waals surface area contributed by atoms with Gasteiger partial charge in [-0.05, 0) is 110 Å². The Morgan fingerprint density at radius 2 is 1.50 bits per heavy atom. The van der Waals surface area contributed by atoms with E-state index in [1.807, 2.05) is 13.0 Å². The van der Waals surface area contributed by atoms with Gasteiger partial charge in [-0.15, -0.1) is 0 Å². The predicted molar refractivity (Wildman–Crippen MR) is 217 cm³/mol. The number of nitrogens with one attached hydrogen (secondary N) is 2. The number of nitrogen functional groups attached to an aromatic ring is 2. The number of carbonyl (C=O) groups is 4. The lowest BCUT2D eigenvalue weighted by Gasteiger charge is -2.33. The number of aliphatic hydroxyl groups is 1. The SMILES string of the molecule is C[C@H]1[C@H]([Si](C)(C)O)[C@@H](CC(=O)N2CCC[C@H]2CO)O[C@]12C(=O)N(Cc1cccc(NC(=O)c3ccc(N)cc3)c1)c1ccc(NC(=O)c3ccc(N)cc3)cc12. The van der Waals surface area contributed by atoms with Crippen LogP contribution < -0.4 is 27.0 Å². The third-order valence-corrected chi connectivity index (χ3v) is 13.9. The number of benzene rings is 4. The van der Waals surface area contributed by atoms with E-state index in [1.54, 1.807) is 108 Å². The zero-order valence-electron chi connectivity index (χ0n) is 31.7. The summed E-state index contributed by atoms with van der Waals surface area (Å²) in [6.45, 7) is 5.99. The maximum Gasteiger partial charge on any atom is 0.264 e. The number of carbonyl (C=O) groups excluding carboxylic acids is 4. The maximum absolute atomic E-state index is 15.1. The highest BCUT2D eigenvalue weighted by Gasteiger charge is 2.66. The maximum atomic E-state index is 15.1. The van der Waals surface area contributed by atoms with E-state index < -0.39 is 31.5 Å². The minimum atomic E-state index is -3.11. The van der Waals surface area contributed by atoms with Gasteiger partial charge in [0, 0.05) is 57.4 Å². The van der Waals surface area contributed by atoms with Crippen LogP contribution in [0.1, 0.15) is 58.0 Å². The van der Waals surface area contributed by atoms with Crippen LogP contribution in [0, 0.1) is 5.92 Å². The average molecular weight is 777 g/mol. The number of likely N-dealkylation sites (tertiary alicyclic amines) is 1. The smallest absolute Gasteiger partial charge is 0.264 e. The quantitative estimate of drug-likeness (QED) is 0.0940. The predicted octanol–water partition coefficient (Wildman–Crippen LogP) is 5.07. The number of hydrogen-bond donors (Lipinski definition) is 6. The van der Waals surface area contributed by atoms with Crippen molar-refractivity contribution in [2.24, 2.45) is 5.92 Å². The van der Waals surface area contributed by atoms with Gasteiger partial charge in [0.1, 0.15) is 0 Å². The van der Waals surface area contributed by atoms with Crippen LogP contribution in [0.5, 0.6) is 0 Å². The molecular weight excluding hydrogens is 729 g/mol. The molecule has 4 aromatic rings. The van der Waals surface area contributed by atoms with Gasteiger partial charge in [-0.25, -0.2) is 0 Å². The molecule has 0 aliphatic carbocycles. The third-order valence-electron chi connectivity index (χ3n) is 11.4. The molecule has 3 aliphatic heterocycles. The molecule has 5 atom stereocenters. The number of anilines is 5. The summed E-state index contributed by atoms with van der Waals surface area (Å²) in [5, 5.41) is 15.8. The minimum Gasteiger partial charge on any atom is -0.432 e. The molecule has 292 valence electrons. The van der Waals surface area contributed by atoms with Gasteiger partial charge in [-0.1, -0.05) is 19.1 Å². The summed E-state index contributed by atoms with van der Waals surface area (Å²) in [7, 11) is -3.11. The highest BCUT2D eigenvalue weighted by atomic mass is 28.4. The van der Waals surface area contributed by atoms with E-state index in [2.05, 4.69) is 10.6 Å². The van der Waals surface area contributed by atoms with Crippen LogP contribution in [0.15, 0.2) is 91.0 Å². The van der Waals surface area contributed by atoms with Gasteiger partial charge in [-0.3, -0.25) is 19.2 Å². The summed E-state index contributed by atoms with van der Waals surface area (Å²) < 4.78 is 6.94. The van der Waals surface area contributed by atoms with Crippen LogP contribution in [0.25, 0.3) is 0 Å². The Morgan fingerprint density at radius 3 is 2.09 bits per heavy atom. The summed E-state index contributed by atoms with van der Waals surface area (Å²) in [5.41, 5.74) is 14.2. The van der Waals surface area contributed by atoms with Gasteiger partial charge in [0.15, 0.2) is 13.9 Å². The fourth-order valence-corrected chi connectivity index (χ4v) is 11.3. The molecule has 8 N–H and O–H groups in total. The van der Waals surface area contributed by atoms with Crippen molar-refractivity contribution in [3.05, 3.63) is 113 Å². The molecule has 1 spiro atoms. The van der Waals surface area contributed by atoms with Crippen LogP contribution in [-0.4, -0.2) is 72.0 Å². The molecule has 4 amide bonds. The molecule has 3 aliphatic rings. The molecule has 14 heteroatoms. The van der Waals surface area contributed by atoms with Crippen molar-refractivity contribution >= 4 is 60.4 Å². The van der Waals surface area contributed by atoms with Crippen LogP contribution >= 0.6 is 0 Å². The molecule has 7 rings (SSSR count). The van der Waals surface area contributed by atoms with Crippen molar-refractivity contribution in [3.8, 4) is 0 Å². The first-order valence-electron chi connectivity index (χ1n) is 18.9. The van der Waals surface area contributed by atoms with Gasteiger partial charge in [0.05, 0.1) is 37.4 Å². The summed E-state index contributed by atoms with van der Waals surface area (Å²) in [6, 6.07) is 25.3. The summed E-state index contributed by atoms with van der Waals surface area (Å²) in [6.07, 6.45) is 0.636. The fourth-order valence-electron chi connectivity index (χ4n) is 8.76. The van der Waals surface area contributed by atoms with Crippen LogP contribution in [0.2, 0.25) is 18.6 Å². The number of ether oxygens (including phenoxy) is 1. The number of nitrogens with two attached hydrogens (primary N) is 2. The number of fused-ring (bicyclic) bond motifs is 2. The molecular formula is C42H48N6O7Si. The number of hydrogen-bond acceptors (Lipinski definition) is 9. The molecule has 2 saturated heterocycles. The van der Waals surface area contributed by atoms with Gasteiger partial charge < -0.3 is 46.5 Å². The van der Waals surface area contributed by atoms with E-state index in [4.69, 9.17) is 16.2 Å². The van der Waals surface area contributed by atoms with Crippen LogP contribution in [-0.2, 0) is 26.5 Å². The first kappa shape index (κ1) is 38.7. The molecule has 3 heterocycles. The average Bonchev–Trinajstić information content (AvgIpc) is 3.82. The first-order valence-corrected chi connectivity index (χ1v) is 21.9. The lowest BCUT2D eigenvalue weighted by molar-refractivity contribution is -0.150. The zero-order chi connectivity index (χ0) is 39.9. The molecule has 13 nitrogen and oxygen atoms in total. The normalized spacial score (nSPS) is 23.1. The number of aliphatic hydroxyl groups excluding tert-OH is 1. The summed E-state index contributed by atoms with van der Waals surface area (Å²) in [4.78, 5) is 70.4. The van der Waals surface area contributed by atoms with Crippen LogP contribution in [0.4, 0.5) is 28.4 Å². The van der Waals surface area contributed by atoms with Gasteiger partial charge >= 0.3 is 0 Å². The zero-order valence-corrected chi connectivity index (χ0v) is 32.7. The van der Waals surface area contributed by atoms with Crippen molar-refractivity contribution in [2.45, 2.75) is 69.1 Å². The molecule has 0 bridgehead atoms. The van der Waals surface area contributed by atoms with Gasteiger partial charge in [0.2, 0.25) is 5.91 Å². The molecule has 2 fully saturated rings. The van der Waals surface area contributed by atoms with Crippen molar-refractivity contribution in [3.63, 3.8) is 0 Å². The van der Waals surface area contributed by atoms with E-state index in [0.29, 0.717) is 58.1 Å². The Hall–Kier alpha value is -5.54. The highest BCUT2D eigenvalue weighted by molar-refractivity contribution is 6.71. The van der Waals surface area contributed by atoms with Gasteiger partial charge in [0.25, 0.3) is 17.7 Å². The Kier molecular flexibility index (Phi) is 10.5. The Morgan fingerprint density at radius 1 is 0.893 bits per heavy atom. The number of nitrogens with zero attached hydrogens (tertiary/aromatic N) is 2. The molecule has 0 saturated carbocycles. The van der Waals surface area contributed by atoms with Crippen molar-refractivity contribution < 1.29 is 33.8 Å². The molecule has 4 aromatic carbocycles. The molecule has 56 heavy (non-hydrogen) atoms. The topological polar surface area (TPSA) is 201 Å². The fraction of sp³-hybridized carbons (Fsp3) is 0.333. The summed E-state index contributed by atoms with van der Waals surface area (Å²) >= 11 is 0. The third kappa shape index (κ3) is 7.28. The largest absolute Gasteiger partial charge is 0.432 e. The second-order valence-corrected chi connectivity index (χ2v) is 19.6. The van der Waals surface area contributed by atoms with Crippen molar-refractivity contribution in [1.29, 1.82) is 0 Å². The standard InChI is InChI=1S/C42H48N6O7Si/c1-25-38(56(2,3)54)36(22-37(50)47-19-5-8-33(47)24-49)55-42(25)34-21-32(46-40(52)28-11-15-30(44)16-12-28)17-18-35(34)48(41(42)53)23-26-6-4-7-31(20-26)45-39(51)27-9-13-29(43)14-10-27/h4,6-7,9-18,20-21,25,33,36,38,49,54H,5,8,19,22-24,43-44H2,1-3H3,(H,45,51)(H,46,52)/t25-,33-,36+,38-,42+/m0/s1.